The Hall–Kier alpha value is -2.44. The summed E-state index contributed by atoms with van der Waals surface area (Å²) in [5, 5.41) is 3.49. The fourth-order valence-corrected chi connectivity index (χ4v) is 2.89. The van der Waals surface area contributed by atoms with Gasteiger partial charge in [0.05, 0.1) is 17.6 Å². The average Bonchev–Trinajstić information content (AvgIpc) is 2.96. The van der Waals surface area contributed by atoms with Crippen molar-refractivity contribution < 1.29 is 9.18 Å². The lowest BCUT2D eigenvalue weighted by molar-refractivity contribution is -0.126. The van der Waals surface area contributed by atoms with Crippen LogP contribution >= 0.6 is 11.6 Å². The lowest BCUT2D eigenvalue weighted by Crippen LogP contribution is -2.36. The highest BCUT2D eigenvalue weighted by Gasteiger charge is 2.23. The molecule has 7 heteroatoms. The molecule has 0 spiro atoms. The number of hydrogen-bond acceptors (Lipinski definition) is 3. The highest BCUT2D eigenvalue weighted by molar-refractivity contribution is 6.31. The van der Waals surface area contributed by atoms with Crippen LogP contribution in [0.4, 0.5) is 4.39 Å². The number of benzene rings is 2. The number of rotatable bonds is 5. The van der Waals surface area contributed by atoms with Gasteiger partial charge in [-0.15, -0.1) is 0 Å². The van der Waals surface area contributed by atoms with Crippen LogP contribution in [0.15, 0.2) is 42.5 Å². The lowest BCUT2D eigenvalue weighted by Gasteiger charge is -2.23. The van der Waals surface area contributed by atoms with E-state index in [0.29, 0.717) is 10.8 Å². The molecule has 0 fully saturated rings. The molecule has 0 bridgehead atoms. The second kappa shape index (κ2) is 7.21. The van der Waals surface area contributed by atoms with Gasteiger partial charge in [-0.3, -0.25) is 9.69 Å². The Morgan fingerprint density at radius 2 is 2.00 bits per heavy atom. The van der Waals surface area contributed by atoms with Crippen LogP contribution in [0.1, 0.15) is 17.4 Å². The summed E-state index contributed by atoms with van der Waals surface area (Å²) >= 11 is 5.96. The van der Waals surface area contributed by atoms with Crippen LogP contribution in [0.3, 0.4) is 0 Å². The Bertz CT molecular complexity index is 892. The van der Waals surface area contributed by atoms with E-state index in [2.05, 4.69) is 15.3 Å². The molecule has 0 unspecified atom stereocenters. The maximum absolute atomic E-state index is 13.1. The Balaban J connectivity index is 1.73. The topological polar surface area (TPSA) is 61.0 Å². The van der Waals surface area contributed by atoms with E-state index in [9.17, 15) is 9.18 Å². The summed E-state index contributed by atoms with van der Waals surface area (Å²) in [6, 6.07) is 10.8. The highest BCUT2D eigenvalue weighted by Crippen LogP contribution is 2.20. The van der Waals surface area contributed by atoms with Crippen molar-refractivity contribution in [3.63, 3.8) is 0 Å². The molecule has 2 aromatic carbocycles. The molecule has 25 heavy (non-hydrogen) atoms. The minimum Gasteiger partial charge on any atom is -0.347 e. The first-order valence-corrected chi connectivity index (χ1v) is 8.15. The van der Waals surface area contributed by atoms with Gasteiger partial charge in [0, 0.05) is 5.02 Å². The molecule has 1 atom stereocenters. The van der Waals surface area contributed by atoms with Crippen LogP contribution in [0.25, 0.3) is 11.0 Å². The predicted octanol–water partition coefficient (Wildman–Crippen LogP) is 3.27. The van der Waals surface area contributed by atoms with Crippen molar-refractivity contribution >= 4 is 28.5 Å². The molecule has 0 aliphatic carbocycles. The number of imidazole rings is 1. The normalized spacial score (nSPS) is 12.5. The summed E-state index contributed by atoms with van der Waals surface area (Å²) in [4.78, 5) is 21.9. The van der Waals surface area contributed by atoms with E-state index >= 15 is 0 Å². The minimum atomic E-state index is -0.514. The quantitative estimate of drug-likeness (QED) is 0.734. The van der Waals surface area contributed by atoms with Gasteiger partial charge in [0.1, 0.15) is 17.7 Å². The molecule has 0 aliphatic rings. The summed E-state index contributed by atoms with van der Waals surface area (Å²) in [5.41, 5.74) is 2.33. The van der Waals surface area contributed by atoms with E-state index in [-0.39, 0.29) is 18.3 Å². The number of amides is 1. The van der Waals surface area contributed by atoms with Gasteiger partial charge in [-0.05, 0) is 50.0 Å². The zero-order chi connectivity index (χ0) is 18.0. The van der Waals surface area contributed by atoms with Gasteiger partial charge in [-0.2, -0.15) is 0 Å². The summed E-state index contributed by atoms with van der Waals surface area (Å²) in [7, 11) is 3.60. The number of aromatic nitrogens is 2. The fraction of sp³-hybridized carbons (Fsp3) is 0.222. The van der Waals surface area contributed by atoms with Crippen LogP contribution in [0, 0.1) is 5.82 Å². The van der Waals surface area contributed by atoms with Crippen LogP contribution in [-0.2, 0) is 11.3 Å². The third-order valence-electron chi connectivity index (χ3n) is 3.87. The predicted molar refractivity (Wildman–Crippen MR) is 95.8 cm³/mol. The zero-order valence-corrected chi connectivity index (χ0v) is 14.6. The van der Waals surface area contributed by atoms with Gasteiger partial charge in [0.15, 0.2) is 0 Å². The lowest BCUT2D eigenvalue weighted by atomic mass is 10.1. The van der Waals surface area contributed by atoms with Crippen molar-refractivity contribution in [2.45, 2.75) is 12.6 Å². The average molecular weight is 361 g/mol. The summed E-state index contributed by atoms with van der Waals surface area (Å²) < 4.78 is 13.1. The molecule has 2 N–H and O–H groups in total. The second-order valence-electron chi connectivity index (χ2n) is 5.98. The van der Waals surface area contributed by atoms with Gasteiger partial charge in [-0.1, -0.05) is 23.7 Å². The second-order valence-corrected chi connectivity index (χ2v) is 6.42. The van der Waals surface area contributed by atoms with Crippen LogP contribution in [0.2, 0.25) is 5.02 Å². The molecular formula is C18H18ClFN4O. The monoisotopic (exact) mass is 360 g/mol. The van der Waals surface area contributed by atoms with Crippen LogP contribution in [-0.4, -0.2) is 34.9 Å². The Morgan fingerprint density at radius 3 is 2.68 bits per heavy atom. The van der Waals surface area contributed by atoms with Gasteiger partial charge < -0.3 is 10.3 Å². The first-order chi connectivity index (χ1) is 11.9. The number of H-pyrrole nitrogens is 1. The van der Waals surface area contributed by atoms with Gasteiger partial charge in [0.2, 0.25) is 5.91 Å². The van der Waals surface area contributed by atoms with E-state index in [1.807, 2.05) is 6.07 Å². The molecule has 0 saturated heterocycles. The molecule has 1 heterocycles. The first kappa shape index (κ1) is 17.4. The van der Waals surface area contributed by atoms with Gasteiger partial charge >= 0.3 is 0 Å². The van der Waals surface area contributed by atoms with E-state index in [4.69, 9.17) is 11.6 Å². The molecule has 0 saturated carbocycles. The standard InChI is InChI=1S/C18H18ClFN4O/c1-24(2)17(11-3-6-13(20)7-4-11)18(25)21-10-16-22-14-8-5-12(19)9-15(14)23-16/h3-9,17H,10H2,1-2H3,(H,21,25)(H,22,23)/t17-/m0/s1. The molecule has 0 radical (unpaired) electrons. The van der Waals surface area contributed by atoms with Crippen molar-refractivity contribution in [2.75, 3.05) is 14.1 Å². The molecule has 5 nitrogen and oxygen atoms in total. The summed E-state index contributed by atoms with van der Waals surface area (Å²) in [5.74, 6) is 0.125. The van der Waals surface area contributed by atoms with Crippen LogP contribution < -0.4 is 5.32 Å². The van der Waals surface area contributed by atoms with E-state index < -0.39 is 6.04 Å². The number of nitrogens with one attached hydrogen (secondary N) is 2. The molecule has 0 aliphatic heterocycles. The number of likely N-dealkylation sites (N-methyl/N-ethyl adjacent to an activating group) is 1. The van der Waals surface area contributed by atoms with Crippen molar-refractivity contribution in [3.8, 4) is 0 Å². The third-order valence-corrected chi connectivity index (χ3v) is 4.11. The molecule has 1 amide bonds. The molecule has 1 aromatic heterocycles. The SMILES string of the molecule is CN(C)[C@H](C(=O)NCc1nc2ccc(Cl)cc2[nH]1)c1ccc(F)cc1. The van der Waals surface area contributed by atoms with Crippen LogP contribution in [0.5, 0.6) is 0 Å². The molecule has 130 valence electrons. The third kappa shape index (κ3) is 3.97. The maximum Gasteiger partial charge on any atom is 0.242 e. The van der Waals surface area contributed by atoms with Crippen molar-refractivity contribution in [2.24, 2.45) is 0 Å². The molecule has 3 rings (SSSR count). The zero-order valence-electron chi connectivity index (χ0n) is 13.9. The van der Waals surface area contributed by atoms with Gasteiger partial charge in [0.25, 0.3) is 0 Å². The maximum atomic E-state index is 13.1. The smallest absolute Gasteiger partial charge is 0.242 e. The number of halogens is 2. The van der Waals surface area contributed by atoms with Crippen molar-refractivity contribution in [3.05, 3.63) is 64.7 Å². The van der Waals surface area contributed by atoms with Crippen molar-refractivity contribution in [1.82, 2.24) is 20.2 Å². The Morgan fingerprint density at radius 1 is 1.28 bits per heavy atom. The van der Waals surface area contributed by atoms with E-state index in [0.717, 1.165) is 16.6 Å². The molecular weight excluding hydrogens is 343 g/mol. The molecule has 3 aromatic rings. The van der Waals surface area contributed by atoms with E-state index in [1.165, 1.54) is 12.1 Å². The largest absolute Gasteiger partial charge is 0.347 e. The summed E-state index contributed by atoms with van der Waals surface area (Å²) in [6.07, 6.45) is 0. The fourth-order valence-electron chi connectivity index (χ4n) is 2.72. The summed E-state index contributed by atoms with van der Waals surface area (Å²) in [6.45, 7) is 0.261. The number of fused-ring (bicyclic) bond motifs is 1. The number of carbonyl (C=O) groups excluding carboxylic acids is 1. The Kier molecular flexibility index (Phi) is 5.01. The Labute approximate surface area is 149 Å². The number of hydrogen-bond donors (Lipinski definition) is 2. The van der Waals surface area contributed by atoms with E-state index in [1.54, 1.807) is 43.3 Å². The first-order valence-electron chi connectivity index (χ1n) is 7.78. The number of aromatic amines is 1. The highest BCUT2D eigenvalue weighted by atomic mass is 35.5. The number of nitrogens with zero attached hydrogens (tertiary/aromatic N) is 2. The number of carbonyl (C=O) groups is 1. The van der Waals surface area contributed by atoms with Crippen molar-refractivity contribution in [1.29, 1.82) is 0 Å². The minimum absolute atomic E-state index is 0.185. The van der Waals surface area contributed by atoms with Gasteiger partial charge in [-0.25, -0.2) is 9.37 Å².